The lowest BCUT2D eigenvalue weighted by molar-refractivity contribution is 0.328. The van der Waals surface area contributed by atoms with Crippen molar-refractivity contribution in [2.24, 2.45) is 10.9 Å². The molecule has 4 nitrogen and oxygen atoms in total. The Balaban J connectivity index is 0.897. The van der Waals surface area contributed by atoms with Crippen LogP contribution in [0.4, 0.5) is 0 Å². The van der Waals surface area contributed by atoms with E-state index in [2.05, 4.69) is 192 Å². The number of para-hydroxylation sites is 2. The van der Waals surface area contributed by atoms with Crippen LogP contribution >= 0.6 is 22.7 Å². The van der Waals surface area contributed by atoms with Gasteiger partial charge in [-0.25, -0.2) is 4.99 Å². The highest BCUT2D eigenvalue weighted by Crippen LogP contribution is 2.49. The fourth-order valence-corrected chi connectivity index (χ4v) is 12.3. The van der Waals surface area contributed by atoms with Crippen LogP contribution < -0.4 is 10.6 Å². The quantitative estimate of drug-likeness (QED) is 0.182. The molecule has 12 rings (SSSR count). The predicted molar refractivity (Wildman–Crippen MR) is 248 cm³/mol. The van der Waals surface area contributed by atoms with Crippen LogP contribution in [0.2, 0.25) is 0 Å². The van der Waals surface area contributed by atoms with Crippen LogP contribution in [0.3, 0.4) is 0 Å². The zero-order valence-electron chi connectivity index (χ0n) is 32.0. The fourth-order valence-electron chi connectivity index (χ4n) is 9.80. The second-order valence-electron chi connectivity index (χ2n) is 15.9. The van der Waals surface area contributed by atoms with Gasteiger partial charge in [-0.2, -0.15) is 0 Å². The lowest BCUT2D eigenvalue weighted by Gasteiger charge is -2.36. The number of nitrogens with zero attached hydrogens (tertiary/aromatic N) is 2. The van der Waals surface area contributed by atoms with E-state index in [4.69, 9.17) is 4.99 Å². The van der Waals surface area contributed by atoms with Crippen molar-refractivity contribution in [3.63, 3.8) is 0 Å². The molecule has 0 spiro atoms. The van der Waals surface area contributed by atoms with Crippen LogP contribution in [-0.4, -0.2) is 16.6 Å². The average molecular weight is 785 g/mol. The van der Waals surface area contributed by atoms with Crippen molar-refractivity contribution in [2.45, 2.75) is 37.5 Å². The van der Waals surface area contributed by atoms with Crippen molar-refractivity contribution in [1.29, 1.82) is 0 Å². The number of nitrogens with one attached hydrogen (secondary N) is 2. The maximum absolute atomic E-state index is 5.34. The fraction of sp³-hybridized carbons (Fsp3) is 0.135. The number of hydrogen-bond acceptors (Lipinski definition) is 5. The molecule has 58 heavy (non-hydrogen) atoms. The average Bonchev–Trinajstić information content (AvgIpc) is 3.96. The van der Waals surface area contributed by atoms with E-state index in [9.17, 15) is 0 Å². The first kappa shape index (κ1) is 34.0. The van der Waals surface area contributed by atoms with Gasteiger partial charge in [-0.15, -0.1) is 22.7 Å². The molecule has 2 aliphatic carbocycles. The van der Waals surface area contributed by atoms with E-state index >= 15 is 0 Å². The van der Waals surface area contributed by atoms with E-state index in [0.29, 0.717) is 11.8 Å². The van der Waals surface area contributed by atoms with Crippen LogP contribution in [-0.2, 0) is 0 Å². The number of aromatic nitrogens is 1. The minimum atomic E-state index is -0.126. The third-order valence-electron chi connectivity index (χ3n) is 12.6. The Morgan fingerprint density at radius 3 is 2.26 bits per heavy atom. The van der Waals surface area contributed by atoms with Gasteiger partial charge < -0.3 is 9.88 Å². The molecule has 6 aromatic carbocycles. The minimum Gasteiger partial charge on any atom is -0.354 e. The number of hydrogen-bond donors (Lipinski definition) is 2. The Kier molecular flexibility index (Phi) is 7.94. The molecule has 6 heteroatoms. The molecule has 3 aromatic heterocycles. The molecular formula is C52H40N4S2. The van der Waals surface area contributed by atoms with Crippen LogP contribution in [0.15, 0.2) is 169 Å². The van der Waals surface area contributed by atoms with Gasteiger partial charge in [-0.05, 0) is 83.0 Å². The van der Waals surface area contributed by atoms with E-state index in [1.54, 1.807) is 0 Å². The molecule has 9 aromatic rings. The van der Waals surface area contributed by atoms with E-state index in [1.165, 1.54) is 84.9 Å². The molecule has 0 bridgehead atoms. The second kappa shape index (κ2) is 13.5. The van der Waals surface area contributed by atoms with Gasteiger partial charge in [0.15, 0.2) is 0 Å². The zero-order valence-corrected chi connectivity index (χ0v) is 33.6. The lowest BCUT2D eigenvalue weighted by atomic mass is 9.78. The lowest BCUT2D eigenvalue weighted by Crippen LogP contribution is -2.54. The summed E-state index contributed by atoms with van der Waals surface area (Å²) in [6, 6.07) is 49.2. The third kappa shape index (κ3) is 5.39. The van der Waals surface area contributed by atoms with E-state index < -0.39 is 0 Å². The van der Waals surface area contributed by atoms with Crippen molar-refractivity contribution in [2.75, 3.05) is 0 Å². The summed E-state index contributed by atoms with van der Waals surface area (Å²) in [7, 11) is 0. The van der Waals surface area contributed by atoms with E-state index in [-0.39, 0.29) is 18.2 Å². The summed E-state index contributed by atoms with van der Waals surface area (Å²) in [5, 5.41) is 14.2. The summed E-state index contributed by atoms with van der Waals surface area (Å²) >= 11 is 3.81. The van der Waals surface area contributed by atoms with E-state index in [1.807, 2.05) is 22.7 Å². The number of fused-ring (bicyclic) bond motifs is 9. The number of thiophene rings is 2. The van der Waals surface area contributed by atoms with Gasteiger partial charge in [-0.1, -0.05) is 128 Å². The second-order valence-corrected chi connectivity index (χ2v) is 18.1. The number of rotatable bonds is 5. The summed E-state index contributed by atoms with van der Waals surface area (Å²) in [6.07, 6.45) is 14.6. The van der Waals surface area contributed by atoms with Crippen LogP contribution in [0.25, 0.3) is 63.8 Å². The molecule has 0 radical (unpaired) electrons. The maximum atomic E-state index is 5.34. The van der Waals surface area contributed by atoms with Crippen LogP contribution in [0, 0.1) is 5.92 Å². The molecule has 5 atom stereocenters. The Bertz CT molecular complexity index is 3160. The first-order chi connectivity index (χ1) is 28.7. The number of benzene rings is 6. The molecular weight excluding hydrogens is 745 g/mol. The Morgan fingerprint density at radius 2 is 1.45 bits per heavy atom. The number of allylic oxidation sites excluding steroid dienone is 4. The Labute approximate surface area is 345 Å². The molecule has 4 heterocycles. The molecule has 0 amide bonds. The molecule has 5 unspecified atom stereocenters. The smallest absolute Gasteiger partial charge is 0.133 e. The van der Waals surface area contributed by atoms with Crippen molar-refractivity contribution in [3.05, 3.63) is 191 Å². The third-order valence-corrected chi connectivity index (χ3v) is 15.0. The largest absolute Gasteiger partial charge is 0.354 e. The van der Waals surface area contributed by atoms with Crippen molar-refractivity contribution < 1.29 is 0 Å². The molecule has 1 aliphatic heterocycles. The van der Waals surface area contributed by atoms with Gasteiger partial charge in [0.05, 0.1) is 17.2 Å². The summed E-state index contributed by atoms with van der Waals surface area (Å²) in [6.45, 7) is 2.42. The molecule has 0 saturated heterocycles. The van der Waals surface area contributed by atoms with Crippen LogP contribution in [0.5, 0.6) is 0 Å². The highest BCUT2D eigenvalue weighted by molar-refractivity contribution is 7.25. The number of amidine groups is 1. The monoisotopic (exact) mass is 784 g/mol. The van der Waals surface area contributed by atoms with Gasteiger partial charge in [0.1, 0.15) is 12.0 Å². The Hall–Kier alpha value is -6.05. The van der Waals surface area contributed by atoms with Crippen molar-refractivity contribution in [3.8, 4) is 5.69 Å². The molecule has 0 saturated carbocycles. The van der Waals surface area contributed by atoms with Gasteiger partial charge in [-0.3, -0.25) is 5.32 Å². The highest BCUT2D eigenvalue weighted by Gasteiger charge is 2.32. The summed E-state index contributed by atoms with van der Waals surface area (Å²) < 4.78 is 6.40. The Morgan fingerprint density at radius 1 is 0.655 bits per heavy atom. The molecule has 280 valence electrons. The predicted octanol–water partition coefficient (Wildman–Crippen LogP) is 13.4. The number of aliphatic imine (C=N–C) groups is 1. The summed E-state index contributed by atoms with van der Waals surface area (Å²) in [5.74, 6) is 1.91. The molecule has 3 aliphatic rings. The standard InChI is InChI=1S/C52H40N4S2/c1-31-36(34-23-25-39-42-30-35(24-27-45(42)57-47(39)29-34)56-43-21-10-8-17-37(43)38-18-9-11-22-44(38)56)26-28-46-48(31)40-19-12-20-41(49(40)58-46)52-54-50(32-13-4-2-5-14-32)53-51(55-52)33-15-6-3-7-16-33/h2-15,17-31,33,36,50-51,53H,16H2,1H3,(H,54,55). The normalized spacial score (nSPS) is 21.6. The first-order valence-electron chi connectivity index (χ1n) is 20.3. The maximum Gasteiger partial charge on any atom is 0.133 e. The summed E-state index contributed by atoms with van der Waals surface area (Å²) in [5.41, 5.74) is 8.87. The van der Waals surface area contributed by atoms with Crippen molar-refractivity contribution >= 4 is 86.6 Å². The topological polar surface area (TPSA) is 41.4 Å². The van der Waals surface area contributed by atoms with Crippen molar-refractivity contribution in [1.82, 2.24) is 15.2 Å². The van der Waals surface area contributed by atoms with E-state index in [0.717, 1.165) is 12.3 Å². The van der Waals surface area contributed by atoms with Gasteiger partial charge in [0.2, 0.25) is 0 Å². The first-order valence-corrected chi connectivity index (χ1v) is 22.0. The zero-order chi connectivity index (χ0) is 38.3. The summed E-state index contributed by atoms with van der Waals surface area (Å²) in [4.78, 5) is 6.70. The molecule has 2 N–H and O–H groups in total. The highest BCUT2D eigenvalue weighted by atomic mass is 32.1. The van der Waals surface area contributed by atoms with Gasteiger partial charge in [0.25, 0.3) is 0 Å². The SMILES string of the molecule is CC1c2c(sc3c(C4=NC(c5ccccc5)NC(C5C=CC=CC5)N4)cccc23)C=CC1c1ccc2c(c1)sc1ccc(-n3c4ccccc4c4ccccc43)cc12. The van der Waals surface area contributed by atoms with Crippen LogP contribution in [0.1, 0.15) is 58.5 Å². The molecule has 0 fully saturated rings. The van der Waals surface area contributed by atoms with Gasteiger partial charge in [0, 0.05) is 63.6 Å². The minimum absolute atomic E-state index is 0.0657. The van der Waals surface area contributed by atoms with Gasteiger partial charge >= 0.3 is 0 Å².